The Bertz CT molecular complexity index is 739. The monoisotopic (exact) mass is 344 g/mol. The highest BCUT2D eigenvalue weighted by molar-refractivity contribution is 6.14. The first-order chi connectivity index (χ1) is 11.7. The molecule has 1 heterocycles. The molecule has 6 heteroatoms. The van der Waals surface area contributed by atoms with Gasteiger partial charge in [-0.15, -0.1) is 0 Å². The number of anilines is 1. The number of aryl methyl sites for hydroxylation is 1. The number of hydrogen-bond donors (Lipinski definition) is 2. The summed E-state index contributed by atoms with van der Waals surface area (Å²) in [5.41, 5.74) is 1.20. The van der Waals surface area contributed by atoms with Crippen molar-refractivity contribution in [2.75, 3.05) is 12.4 Å². The molecular weight excluding hydrogens is 316 g/mol. The number of rotatable bonds is 6. The molecule has 3 rings (SSSR count). The van der Waals surface area contributed by atoms with Crippen molar-refractivity contribution < 1.29 is 9.21 Å². The van der Waals surface area contributed by atoms with Crippen LogP contribution in [0.4, 0.5) is 5.88 Å². The maximum atomic E-state index is 13.0. The predicted octanol–water partition coefficient (Wildman–Crippen LogP) is 3.55. The lowest BCUT2D eigenvalue weighted by Crippen LogP contribution is -2.38. The van der Waals surface area contributed by atoms with Gasteiger partial charge < -0.3 is 15.1 Å². The smallest absolute Gasteiger partial charge is 0.255 e. The number of amides is 1. The highest BCUT2D eigenvalue weighted by atomic mass is 16.4. The second-order valence-corrected chi connectivity index (χ2v) is 7.93. The van der Waals surface area contributed by atoms with Crippen LogP contribution in [-0.4, -0.2) is 37.1 Å². The molecule has 0 saturated heterocycles. The van der Waals surface area contributed by atoms with Gasteiger partial charge in [0.05, 0.1) is 16.7 Å². The molecule has 2 fully saturated rings. The number of nitrogens with zero attached hydrogens (tertiary/aromatic N) is 2. The van der Waals surface area contributed by atoms with Crippen LogP contribution in [0.15, 0.2) is 14.4 Å². The predicted molar refractivity (Wildman–Crippen MR) is 101 cm³/mol. The van der Waals surface area contributed by atoms with Gasteiger partial charge in [-0.25, -0.2) is 4.99 Å². The summed E-state index contributed by atoms with van der Waals surface area (Å²) in [7, 11) is 1.76. The van der Waals surface area contributed by atoms with E-state index in [-0.39, 0.29) is 22.9 Å². The van der Waals surface area contributed by atoms with Crippen LogP contribution in [0.2, 0.25) is 0 Å². The zero-order chi connectivity index (χ0) is 18.4. The SMILES string of the molecule is C=NC(=NC1(C)CC1)c1c(NC)oc(C)c1C(=O)NC(C)C1(C)CC1. The summed E-state index contributed by atoms with van der Waals surface area (Å²) in [6, 6.07) is 0.109. The lowest BCUT2D eigenvalue weighted by molar-refractivity contribution is 0.0923. The number of nitrogens with one attached hydrogen (secondary N) is 2. The van der Waals surface area contributed by atoms with E-state index in [9.17, 15) is 4.79 Å². The summed E-state index contributed by atoms with van der Waals surface area (Å²) in [4.78, 5) is 21.8. The van der Waals surface area contributed by atoms with E-state index in [1.165, 1.54) is 0 Å². The Hall–Kier alpha value is -2.11. The Morgan fingerprint density at radius 3 is 2.36 bits per heavy atom. The molecule has 0 spiro atoms. The third-order valence-electron chi connectivity index (χ3n) is 5.69. The van der Waals surface area contributed by atoms with Crippen LogP contribution in [0.3, 0.4) is 0 Å². The molecule has 0 aliphatic heterocycles. The number of carbonyl (C=O) groups excluding carboxylic acids is 1. The molecule has 25 heavy (non-hydrogen) atoms. The fraction of sp³-hybridized carbons (Fsp3) is 0.632. The minimum absolute atomic E-state index is 0.102. The minimum Gasteiger partial charge on any atom is -0.444 e. The summed E-state index contributed by atoms with van der Waals surface area (Å²) in [6.07, 6.45) is 4.34. The first-order valence-electron chi connectivity index (χ1n) is 8.92. The van der Waals surface area contributed by atoms with Crippen molar-refractivity contribution in [1.82, 2.24) is 5.32 Å². The van der Waals surface area contributed by atoms with Crippen LogP contribution < -0.4 is 10.6 Å². The maximum Gasteiger partial charge on any atom is 0.255 e. The fourth-order valence-corrected chi connectivity index (χ4v) is 3.00. The standard InChI is InChI=1S/C19H28N4O2/c1-11-13(16(24)22-12(2)18(3)7-8-18)14(17(21-6)25-11)15(20-5)23-19(4)9-10-19/h12,21H,5,7-10H2,1-4,6H3,(H,22,24). The first-order valence-corrected chi connectivity index (χ1v) is 8.92. The summed E-state index contributed by atoms with van der Waals surface area (Å²) in [6.45, 7) is 11.8. The molecule has 2 aliphatic rings. The number of furan rings is 1. The van der Waals surface area contributed by atoms with Crippen molar-refractivity contribution in [2.45, 2.75) is 65.0 Å². The summed E-state index contributed by atoms with van der Waals surface area (Å²) in [5, 5.41) is 6.14. The van der Waals surface area contributed by atoms with Crippen LogP contribution in [0.1, 0.15) is 68.1 Å². The summed E-state index contributed by atoms with van der Waals surface area (Å²) >= 11 is 0. The van der Waals surface area contributed by atoms with Crippen LogP contribution in [0, 0.1) is 12.3 Å². The van der Waals surface area contributed by atoms with E-state index in [0.29, 0.717) is 28.6 Å². The van der Waals surface area contributed by atoms with Crippen molar-refractivity contribution in [1.29, 1.82) is 0 Å². The zero-order valence-electron chi connectivity index (χ0n) is 15.8. The van der Waals surface area contributed by atoms with Gasteiger partial charge in [0.1, 0.15) is 5.76 Å². The molecule has 2 saturated carbocycles. The first kappa shape index (κ1) is 17.7. The fourth-order valence-electron chi connectivity index (χ4n) is 3.00. The highest BCUT2D eigenvalue weighted by Gasteiger charge is 2.44. The Morgan fingerprint density at radius 1 is 1.24 bits per heavy atom. The minimum atomic E-state index is -0.143. The van der Waals surface area contributed by atoms with Gasteiger partial charge in [-0.05, 0) is 58.6 Å². The number of amidine groups is 1. The van der Waals surface area contributed by atoms with Gasteiger partial charge in [-0.3, -0.25) is 9.79 Å². The van der Waals surface area contributed by atoms with Crippen LogP contribution in [-0.2, 0) is 0 Å². The molecule has 2 N–H and O–H groups in total. The molecule has 2 aliphatic carbocycles. The van der Waals surface area contributed by atoms with Gasteiger partial charge in [0.25, 0.3) is 5.91 Å². The van der Waals surface area contributed by atoms with Crippen molar-refractivity contribution in [2.24, 2.45) is 15.4 Å². The second kappa shape index (κ2) is 6.00. The Balaban J connectivity index is 1.98. The van der Waals surface area contributed by atoms with E-state index in [1.54, 1.807) is 14.0 Å². The zero-order valence-corrected chi connectivity index (χ0v) is 15.8. The molecule has 1 unspecified atom stereocenters. The normalized spacial score (nSPS) is 21.4. The van der Waals surface area contributed by atoms with Crippen LogP contribution >= 0.6 is 0 Å². The van der Waals surface area contributed by atoms with Crippen LogP contribution in [0.5, 0.6) is 0 Å². The second-order valence-electron chi connectivity index (χ2n) is 7.93. The molecule has 1 atom stereocenters. The molecule has 0 radical (unpaired) electrons. The van der Waals surface area contributed by atoms with E-state index in [2.05, 4.69) is 43.1 Å². The quantitative estimate of drug-likeness (QED) is 0.612. The highest BCUT2D eigenvalue weighted by Crippen LogP contribution is 2.48. The van der Waals surface area contributed by atoms with Gasteiger partial charge in [-0.1, -0.05) is 6.92 Å². The number of carbonyl (C=O) groups is 1. The molecule has 0 aromatic carbocycles. The molecule has 1 amide bonds. The lowest BCUT2D eigenvalue weighted by Gasteiger charge is -2.20. The Labute approximate surface area is 149 Å². The lowest BCUT2D eigenvalue weighted by atomic mass is 10.00. The number of aliphatic imine (C=N–C) groups is 2. The van der Waals surface area contributed by atoms with Gasteiger partial charge in [0, 0.05) is 13.1 Å². The van der Waals surface area contributed by atoms with Gasteiger partial charge in [-0.2, -0.15) is 0 Å². The average molecular weight is 344 g/mol. The number of hydrogen-bond acceptors (Lipinski definition) is 4. The average Bonchev–Trinajstić information content (AvgIpc) is 3.46. The van der Waals surface area contributed by atoms with E-state index < -0.39 is 0 Å². The third-order valence-corrected chi connectivity index (χ3v) is 5.69. The Morgan fingerprint density at radius 2 is 1.88 bits per heavy atom. The molecule has 6 nitrogen and oxygen atoms in total. The topological polar surface area (TPSA) is 79.0 Å². The van der Waals surface area contributed by atoms with E-state index >= 15 is 0 Å². The van der Waals surface area contributed by atoms with Crippen molar-refractivity contribution in [3.63, 3.8) is 0 Å². The third kappa shape index (κ3) is 3.34. The van der Waals surface area contributed by atoms with Crippen molar-refractivity contribution in [3.8, 4) is 0 Å². The van der Waals surface area contributed by atoms with E-state index in [0.717, 1.165) is 25.7 Å². The molecule has 0 bridgehead atoms. The van der Waals surface area contributed by atoms with Crippen LogP contribution in [0.25, 0.3) is 0 Å². The largest absolute Gasteiger partial charge is 0.444 e. The molecular formula is C19H28N4O2. The molecule has 1 aromatic rings. The van der Waals surface area contributed by atoms with Crippen molar-refractivity contribution >= 4 is 24.3 Å². The van der Waals surface area contributed by atoms with Gasteiger partial charge in [0.15, 0.2) is 5.84 Å². The molecule has 136 valence electrons. The van der Waals surface area contributed by atoms with Crippen molar-refractivity contribution in [3.05, 3.63) is 16.9 Å². The van der Waals surface area contributed by atoms with Gasteiger partial charge >= 0.3 is 0 Å². The van der Waals surface area contributed by atoms with E-state index in [1.807, 2.05) is 0 Å². The molecule has 1 aromatic heterocycles. The van der Waals surface area contributed by atoms with Gasteiger partial charge in [0.2, 0.25) is 5.88 Å². The maximum absolute atomic E-state index is 13.0. The Kier molecular flexibility index (Phi) is 4.25. The summed E-state index contributed by atoms with van der Waals surface area (Å²) < 4.78 is 5.78. The summed E-state index contributed by atoms with van der Waals surface area (Å²) in [5.74, 6) is 1.39. The van der Waals surface area contributed by atoms with E-state index in [4.69, 9.17) is 9.41 Å².